The van der Waals surface area contributed by atoms with Crippen molar-refractivity contribution < 1.29 is 4.79 Å². The van der Waals surface area contributed by atoms with E-state index >= 15 is 0 Å². The Morgan fingerprint density at radius 2 is 1.37 bits per heavy atom. The van der Waals surface area contributed by atoms with Gasteiger partial charge in [-0.25, -0.2) is 4.79 Å². The Bertz CT molecular complexity index is 480. The molecule has 0 aromatic rings. The topological polar surface area (TPSA) is 26.8 Å². The van der Waals surface area contributed by atoms with Gasteiger partial charge < -0.3 is 14.7 Å². The number of nitrogens with zero attached hydrogens (tertiary/aromatic N) is 3. The first kappa shape index (κ1) is 19.5. The number of fused-ring (bicyclic) bond motifs is 1. The summed E-state index contributed by atoms with van der Waals surface area (Å²) in [7, 11) is 0. The molecule has 2 amide bonds. The summed E-state index contributed by atoms with van der Waals surface area (Å²) in [5, 5.41) is 0. The average Bonchev–Trinajstić information content (AvgIpc) is 2.95. The first-order valence-corrected chi connectivity index (χ1v) is 12.1. The van der Waals surface area contributed by atoms with Crippen LogP contribution in [0.3, 0.4) is 0 Å². The number of hydrogen-bond donors (Lipinski definition) is 0. The molecule has 0 radical (unpaired) electrons. The zero-order chi connectivity index (χ0) is 18.6. The van der Waals surface area contributed by atoms with Crippen LogP contribution in [-0.2, 0) is 0 Å². The van der Waals surface area contributed by atoms with E-state index in [1.807, 2.05) is 0 Å². The van der Waals surface area contributed by atoms with Gasteiger partial charge in [-0.1, -0.05) is 44.9 Å². The lowest BCUT2D eigenvalue weighted by molar-refractivity contribution is 0.0919. The van der Waals surface area contributed by atoms with Crippen LogP contribution in [0, 0.1) is 5.92 Å². The molecule has 0 N–H and O–H groups in total. The molecular formula is C23H41N3O. The van der Waals surface area contributed by atoms with Crippen molar-refractivity contribution in [3.63, 3.8) is 0 Å². The second-order valence-corrected chi connectivity index (χ2v) is 9.64. The van der Waals surface area contributed by atoms with E-state index in [1.165, 1.54) is 103 Å². The second-order valence-electron chi connectivity index (χ2n) is 9.64. The maximum absolute atomic E-state index is 13.1. The van der Waals surface area contributed by atoms with Crippen molar-refractivity contribution in [2.24, 2.45) is 5.92 Å². The molecule has 0 aromatic heterocycles. The van der Waals surface area contributed by atoms with Crippen LogP contribution in [0.2, 0.25) is 0 Å². The third kappa shape index (κ3) is 4.31. The zero-order valence-electron chi connectivity index (χ0n) is 17.6. The van der Waals surface area contributed by atoms with E-state index in [2.05, 4.69) is 21.6 Å². The van der Waals surface area contributed by atoms with E-state index in [9.17, 15) is 4.79 Å². The summed E-state index contributed by atoms with van der Waals surface area (Å²) in [6.07, 6.45) is 17.6. The van der Waals surface area contributed by atoms with Crippen molar-refractivity contribution in [1.29, 1.82) is 0 Å². The number of piperidine rings is 1. The average molecular weight is 376 g/mol. The van der Waals surface area contributed by atoms with Crippen LogP contribution in [0.1, 0.15) is 90.4 Å². The molecule has 0 unspecified atom stereocenters. The molecule has 4 nitrogen and oxygen atoms in total. The number of carbonyl (C=O) groups excluding carboxylic acids is 1. The van der Waals surface area contributed by atoms with E-state index in [4.69, 9.17) is 0 Å². The quantitative estimate of drug-likeness (QED) is 0.700. The Morgan fingerprint density at radius 3 is 2.04 bits per heavy atom. The van der Waals surface area contributed by atoms with Crippen molar-refractivity contribution in [2.45, 2.75) is 109 Å². The van der Waals surface area contributed by atoms with Crippen molar-refractivity contribution in [3.8, 4) is 0 Å². The molecular weight excluding hydrogens is 334 g/mol. The molecule has 0 aromatic carbocycles. The summed E-state index contributed by atoms with van der Waals surface area (Å²) in [4.78, 5) is 20.4. The van der Waals surface area contributed by atoms with E-state index in [1.54, 1.807) is 0 Å². The minimum absolute atomic E-state index is 0.355. The minimum atomic E-state index is 0.355. The third-order valence-corrected chi connectivity index (χ3v) is 7.95. The fraction of sp³-hybridized carbons (Fsp3) is 0.957. The summed E-state index contributed by atoms with van der Waals surface area (Å²) >= 11 is 0. The van der Waals surface area contributed by atoms with Gasteiger partial charge in [0, 0.05) is 32.2 Å². The summed E-state index contributed by atoms with van der Waals surface area (Å²) in [6.45, 7) is 6.76. The van der Waals surface area contributed by atoms with Gasteiger partial charge in [-0.2, -0.15) is 0 Å². The fourth-order valence-corrected chi connectivity index (χ4v) is 6.48. The molecule has 2 heterocycles. The van der Waals surface area contributed by atoms with Gasteiger partial charge in [-0.05, 0) is 51.4 Å². The Hall–Kier alpha value is -0.770. The van der Waals surface area contributed by atoms with Crippen LogP contribution in [0.4, 0.5) is 4.79 Å². The highest BCUT2D eigenvalue weighted by atomic mass is 16.2. The standard InChI is InChI=1S/C23H41N3O/c1-2-25-21-12-8-9-13-22(21)26(23(25)27)20-14-16-24(17-15-20)18-19-10-6-4-3-5-7-11-19/h19-22H,2-18H2,1H3/t21-,22+/m0/s1. The van der Waals surface area contributed by atoms with Crippen LogP contribution in [0.15, 0.2) is 0 Å². The van der Waals surface area contributed by atoms with Crippen LogP contribution in [0.25, 0.3) is 0 Å². The third-order valence-electron chi connectivity index (χ3n) is 7.95. The van der Waals surface area contributed by atoms with Crippen LogP contribution in [0.5, 0.6) is 0 Å². The molecule has 4 heteroatoms. The molecule has 4 fully saturated rings. The van der Waals surface area contributed by atoms with Gasteiger partial charge in [-0.15, -0.1) is 0 Å². The predicted molar refractivity (Wildman–Crippen MR) is 111 cm³/mol. The molecule has 2 atom stereocenters. The molecule has 2 saturated carbocycles. The number of hydrogen-bond acceptors (Lipinski definition) is 2. The molecule has 0 bridgehead atoms. The molecule has 2 saturated heterocycles. The van der Waals surface area contributed by atoms with Gasteiger partial charge in [0.05, 0.1) is 12.1 Å². The highest BCUT2D eigenvalue weighted by Crippen LogP contribution is 2.37. The van der Waals surface area contributed by atoms with E-state index in [-0.39, 0.29) is 0 Å². The Labute approximate surface area is 166 Å². The zero-order valence-corrected chi connectivity index (χ0v) is 17.6. The monoisotopic (exact) mass is 375 g/mol. The number of carbonyl (C=O) groups is 1. The Balaban J connectivity index is 1.31. The smallest absolute Gasteiger partial charge is 0.320 e. The predicted octanol–water partition coefficient (Wildman–Crippen LogP) is 4.88. The highest BCUT2D eigenvalue weighted by Gasteiger charge is 2.48. The molecule has 27 heavy (non-hydrogen) atoms. The van der Waals surface area contributed by atoms with Crippen molar-refractivity contribution >= 4 is 6.03 Å². The molecule has 4 rings (SSSR count). The molecule has 154 valence electrons. The van der Waals surface area contributed by atoms with Gasteiger partial charge in [0.15, 0.2) is 0 Å². The first-order chi connectivity index (χ1) is 13.3. The van der Waals surface area contributed by atoms with E-state index in [0.29, 0.717) is 24.2 Å². The number of rotatable bonds is 4. The van der Waals surface area contributed by atoms with Gasteiger partial charge in [0.2, 0.25) is 0 Å². The van der Waals surface area contributed by atoms with E-state index in [0.717, 1.165) is 12.5 Å². The summed E-state index contributed by atoms with van der Waals surface area (Å²) < 4.78 is 0. The van der Waals surface area contributed by atoms with Crippen molar-refractivity contribution in [3.05, 3.63) is 0 Å². The lowest BCUT2D eigenvalue weighted by Crippen LogP contribution is -2.50. The summed E-state index contributed by atoms with van der Waals surface area (Å²) in [5.74, 6) is 0.925. The maximum Gasteiger partial charge on any atom is 0.320 e. The molecule has 2 aliphatic carbocycles. The van der Waals surface area contributed by atoms with Crippen molar-refractivity contribution in [2.75, 3.05) is 26.2 Å². The number of likely N-dealkylation sites (tertiary alicyclic amines) is 1. The second kappa shape index (κ2) is 9.15. The number of urea groups is 1. The van der Waals surface area contributed by atoms with Crippen molar-refractivity contribution in [1.82, 2.24) is 14.7 Å². The SMILES string of the molecule is CCN1C(=O)N(C2CCN(CC3CCCCCCC3)CC2)[C@@H]2CCCC[C@@H]21. The number of likely N-dealkylation sites (N-methyl/N-ethyl adjacent to an activating group) is 1. The maximum atomic E-state index is 13.1. The van der Waals surface area contributed by atoms with Crippen LogP contribution in [-0.4, -0.2) is 65.0 Å². The summed E-state index contributed by atoms with van der Waals surface area (Å²) in [6, 6.07) is 1.86. The number of amides is 2. The fourth-order valence-electron chi connectivity index (χ4n) is 6.48. The lowest BCUT2D eigenvalue weighted by Gasteiger charge is -2.41. The first-order valence-electron chi connectivity index (χ1n) is 12.1. The molecule has 4 aliphatic rings. The molecule has 0 spiro atoms. The Morgan fingerprint density at radius 1 is 0.778 bits per heavy atom. The lowest BCUT2D eigenvalue weighted by atomic mass is 9.88. The largest absolute Gasteiger partial charge is 0.320 e. The molecule has 2 aliphatic heterocycles. The van der Waals surface area contributed by atoms with Gasteiger partial charge in [0.25, 0.3) is 0 Å². The van der Waals surface area contributed by atoms with Crippen LogP contribution < -0.4 is 0 Å². The highest BCUT2D eigenvalue weighted by molar-refractivity contribution is 5.78. The van der Waals surface area contributed by atoms with Gasteiger partial charge in [-0.3, -0.25) is 0 Å². The minimum Gasteiger partial charge on any atom is -0.320 e. The van der Waals surface area contributed by atoms with Crippen LogP contribution >= 0.6 is 0 Å². The van der Waals surface area contributed by atoms with Gasteiger partial charge in [0.1, 0.15) is 0 Å². The summed E-state index contributed by atoms with van der Waals surface area (Å²) in [5.41, 5.74) is 0. The normalized spacial score (nSPS) is 32.4. The van der Waals surface area contributed by atoms with E-state index < -0.39 is 0 Å². The van der Waals surface area contributed by atoms with Gasteiger partial charge >= 0.3 is 6.03 Å². The Kier molecular flexibility index (Phi) is 6.62.